The van der Waals surface area contributed by atoms with Crippen LogP contribution in [0.15, 0.2) is 60.8 Å². The fourth-order valence-electron chi connectivity index (χ4n) is 3.80. The molecular formula is C23H24N2O4. The van der Waals surface area contributed by atoms with Gasteiger partial charge in [-0.2, -0.15) is 0 Å². The van der Waals surface area contributed by atoms with Crippen molar-refractivity contribution in [3.8, 4) is 5.75 Å². The fraction of sp³-hybridized carbons (Fsp3) is 0.304. The van der Waals surface area contributed by atoms with Crippen LogP contribution in [0.3, 0.4) is 0 Å². The second-order valence-electron chi connectivity index (χ2n) is 7.46. The molecule has 3 aromatic rings. The van der Waals surface area contributed by atoms with Gasteiger partial charge in [-0.05, 0) is 42.7 Å². The van der Waals surface area contributed by atoms with Gasteiger partial charge in [-0.1, -0.05) is 30.3 Å². The van der Waals surface area contributed by atoms with E-state index in [0.717, 1.165) is 28.6 Å². The number of ether oxygens (including phenoxy) is 1. The van der Waals surface area contributed by atoms with Gasteiger partial charge in [-0.15, -0.1) is 0 Å². The molecule has 0 unspecified atom stereocenters. The SMILES string of the molecule is O=C(O)[C@H]1CCCN(C(=O)Cn2ccc3cc(OCc4ccccc4)ccc32)C1. The number of carbonyl (C=O) groups excluding carboxylic acids is 1. The maximum Gasteiger partial charge on any atom is 0.308 e. The summed E-state index contributed by atoms with van der Waals surface area (Å²) in [6, 6.07) is 17.8. The normalized spacial score (nSPS) is 16.7. The molecule has 1 aromatic heterocycles. The number of aliphatic carboxylic acids is 1. The van der Waals surface area contributed by atoms with E-state index in [1.807, 2.05) is 65.4 Å². The number of hydrogen-bond acceptors (Lipinski definition) is 3. The second-order valence-corrected chi connectivity index (χ2v) is 7.46. The van der Waals surface area contributed by atoms with Gasteiger partial charge in [0.15, 0.2) is 0 Å². The first-order valence-electron chi connectivity index (χ1n) is 9.86. The Balaban J connectivity index is 1.42. The molecule has 0 radical (unpaired) electrons. The van der Waals surface area contributed by atoms with Crippen LogP contribution < -0.4 is 4.74 Å². The molecule has 1 aliphatic rings. The number of rotatable bonds is 6. The topological polar surface area (TPSA) is 71.8 Å². The van der Waals surface area contributed by atoms with Crippen LogP contribution in [0.5, 0.6) is 5.75 Å². The standard InChI is InChI=1S/C23H24N2O4/c26-22(25-11-4-7-19(14-25)23(27)28)15-24-12-10-18-13-20(8-9-21(18)24)29-16-17-5-2-1-3-6-17/h1-3,5-6,8-10,12-13,19H,4,7,11,14-16H2,(H,27,28)/t19-/m0/s1. The van der Waals surface area contributed by atoms with Crippen LogP contribution in [0, 0.1) is 5.92 Å². The Kier molecular flexibility index (Phi) is 5.51. The van der Waals surface area contributed by atoms with Crippen LogP contribution in [-0.2, 0) is 22.7 Å². The second kappa shape index (κ2) is 8.39. The third kappa shape index (κ3) is 4.42. The molecule has 6 nitrogen and oxygen atoms in total. The highest BCUT2D eigenvalue weighted by Crippen LogP contribution is 2.24. The lowest BCUT2D eigenvalue weighted by molar-refractivity contribution is -0.145. The highest BCUT2D eigenvalue weighted by Gasteiger charge is 2.28. The molecule has 4 rings (SSSR count). The first-order valence-corrected chi connectivity index (χ1v) is 9.86. The Morgan fingerprint density at radius 2 is 1.93 bits per heavy atom. The smallest absolute Gasteiger partial charge is 0.308 e. The number of likely N-dealkylation sites (tertiary alicyclic amines) is 1. The summed E-state index contributed by atoms with van der Waals surface area (Å²) in [5.41, 5.74) is 2.06. The molecule has 2 aromatic carbocycles. The predicted molar refractivity (Wildman–Crippen MR) is 110 cm³/mol. The third-order valence-electron chi connectivity index (χ3n) is 5.42. The van der Waals surface area contributed by atoms with Gasteiger partial charge in [-0.3, -0.25) is 9.59 Å². The molecule has 2 heterocycles. The summed E-state index contributed by atoms with van der Waals surface area (Å²) in [5, 5.41) is 10.2. The zero-order chi connectivity index (χ0) is 20.2. The molecule has 0 saturated carbocycles. The molecule has 0 spiro atoms. The van der Waals surface area contributed by atoms with Crippen molar-refractivity contribution in [3.63, 3.8) is 0 Å². The minimum Gasteiger partial charge on any atom is -0.489 e. The predicted octanol–water partition coefficient (Wildman–Crippen LogP) is 3.54. The van der Waals surface area contributed by atoms with Crippen molar-refractivity contribution in [2.45, 2.75) is 26.0 Å². The van der Waals surface area contributed by atoms with E-state index in [1.54, 1.807) is 4.90 Å². The quantitative estimate of drug-likeness (QED) is 0.696. The monoisotopic (exact) mass is 392 g/mol. The number of amides is 1. The lowest BCUT2D eigenvalue weighted by Gasteiger charge is -2.30. The van der Waals surface area contributed by atoms with E-state index < -0.39 is 11.9 Å². The van der Waals surface area contributed by atoms with Gasteiger partial charge in [-0.25, -0.2) is 0 Å². The van der Waals surface area contributed by atoms with E-state index in [2.05, 4.69) is 0 Å². The average molecular weight is 392 g/mol. The Morgan fingerprint density at radius 3 is 2.72 bits per heavy atom. The maximum atomic E-state index is 12.7. The largest absolute Gasteiger partial charge is 0.489 e. The summed E-state index contributed by atoms with van der Waals surface area (Å²) in [5.74, 6) is -0.543. The summed E-state index contributed by atoms with van der Waals surface area (Å²) in [7, 11) is 0. The number of carboxylic acids is 1. The Labute approximate surface area is 169 Å². The molecule has 1 amide bonds. The summed E-state index contributed by atoms with van der Waals surface area (Å²) in [6.07, 6.45) is 3.26. The molecule has 1 atom stereocenters. The number of aromatic nitrogens is 1. The van der Waals surface area contributed by atoms with Crippen molar-refractivity contribution in [2.75, 3.05) is 13.1 Å². The Bertz CT molecular complexity index is 1010. The summed E-state index contributed by atoms with van der Waals surface area (Å²) >= 11 is 0. The first-order chi connectivity index (χ1) is 14.1. The molecule has 1 N–H and O–H groups in total. The molecule has 1 aliphatic heterocycles. The zero-order valence-electron chi connectivity index (χ0n) is 16.2. The van der Waals surface area contributed by atoms with Crippen molar-refractivity contribution in [1.29, 1.82) is 0 Å². The van der Waals surface area contributed by atoms with Gasteiger partial charge in [0.1, 0.15) is 18.9 Å². The average Bonchev–Trinajstić information content (AvgIpc) is 3.15. The minimum absolute atomic E-state index is 0.0437. The number of benzene rings is 2. The molecule has 29 heavy (non-hydrogen) atoms. The van der Waals surface area contributed by atoms with Crippen LogP contribution >= 0.6 is 0 Å². The number of piperidine rings is 1. The Hall–Kier alpha value is -3.28. The van der Waals surface area contributed by atoms with Crippen LogP contribution in [0.4, 0.5) is 0 Å². The number of hydrogen-bond donors (Lipinski definition) is 1. The van der Waals surface area contributed by atoms with Gasteiger partial charge in [0.2, 0.25) is 5.91 Å². The van der Waals surface area contributed by atoms with Crippen LogP contribution in [0.1, 0.15) is 18.4 Å². The Morgan fingerprint density at radius 1 is 1.10 bits per heavy atom. The van der Waals surface area contributed by atoms with Crippen molar-refractivity contribution in [1.82, 2.24) is 9.47 Å². The highest BCUT2D eigenvalue weighted by molar-refractivity contribution is 5.84. The zero-order valence-corrected chi connectivity index (χ0v) is 16.2. The molecule has 1 saturated heterocycles. The van der Waals surface area contributed by atoms with Gasteiger partial charge < -0.3 is 19.3 Å². The van der Waals surface area contributed by atoms with E-state index in [0.29, 0.717) is 26.1 Å². The lowest BCUT2D eigenvalue weighted by Crippen LogP contribution is -2.43. The number of fused-ring (bicyclic) bond motifs is 1. The van der Waals surface area contributed by atoms with Crippen LogP contribution in [-0.4, -0.2) is 39.5 Å². The van der Waals surface area contributed by atoms with Crippen LogP contribution in [0.25, 0.3) is 10.9 Å². The number of carbonyl (C=O) groups is 2. The van der Waals surface area contributed by atoms with E-state index in [4.69, 9.17) is 4.74 Å². The van der Waals surface area contributed by atoms with Crippen LogP contribution in [0.2, 0.25) is 0 Å². The summed E-state index contributed by atoms with van der Waals surface area (Å²) in [6.45, 7) is 1.63. The molecule has 0 aliphatic carbocycles. The van der Waals surface area contributed by atoms with Gasteiger partial charge in [0.25, 0.3) is 0 Å². The summed E-state index contributed by atoms with van der Waals surface area (Å²) in [4.78, 5) is 25.6. The van der Waals surface area contributed by atoms with Gasteiger partial charge >= 0.3 is 5.97 Å². The molecule has 150 valence electrons. The van der Waals surface area contributed by atoms with E-state index in [9.17, 15) is 14.7 Å². The number of nitrogens with zero attached hydrogens (tertiary/aromatic N) is 2. The number of carboxylic acid groups (broad SMARTS) is 1. The first kappa shape index (κ1) is 19.1. The van der Waals surface area contributed by atoms with Gasteiger partial charge in [0, 0.05) is 30.2 Å². The van der Waals surface area contributed by atoms with E-state index in [1.165, 1.54) is 0 Å². The van der Waals surface area contributed by atoms with Crippen molar-refractivity contribution >= 4 is 22.8 Å². The van der Waals surface area contributed by atoms with Crippen molar-refractivity contribution < 1.29 is 19.4 Å². The molecular weight excluding hydrogens is 368 g/mol. The third-order valence-corrected chi connectivity index (χ3v) is 5.42. The van der Waals surface area contributed by atoms with E-state index >= 15 is 0 Å². The summed E-state index contributed by atoms with van der Waals surface area (Å²) < 4.78 is 7.79. The van der Waals surface area contributed by atoms with Gasteiger partial charge in [0.05, 0.1) is 5.92 Å². The molecule has 1 fully saturated rings. The van der Waals surface area contributed by atoms with Crippen molar-refractivity contribution in [2.24, 2.45) is 5.92 Å². The van der Waals surface area contributed by atoms with E-state index in [-0.39, 0.29) is 12.5 Å². The fourth-order valence-corrected chi connectivity index (χ4v) is 3.80. The maximum absolute atomic E-state index is 12.7. The lowest BCUT2D eigenvalue weighted by atomic mass is 9.98. The molecule has 0 bridgehead atoms. The highest BCUT2D eigenvalue weighted by atomic mass is 16.5. The minimum atomic E-state index is -0.822. The van der Waals surface area contributed by atoms with Crippen molar-refractivity contribution in [3.05, 3.63) is 66.4 Å². The molecule has 6 heteroatoms.